The van der Waals surface area contributed by atoms with Crippen LogP contribution in [0, 0.1) is 0 Å². The topological polar surface area (TPSA) is 95.2 Å². The van der Waals surface area contributed by atoms with Gasteiger partial charge in [0.1, 0.15) is 16.4 Å². The van der Waals surface area contributed by atoms with Crippen LogP contribution in [0.25, 0.3) is 10.2 Å². The Labute approximate surface area is 166 Å². The van der Waals surface area contributed by atoms with Crippen LogP contribution in [0.3, 0.4) is 0 Å². The average molecular weight is 422 g/mol. The highest BCUT2D eigenvalue weighted by atomic mass is 32.2. The molecule has 9 heteroatoms. The second kappa shape index (κ2) is 7.65. The normalized spacial score (nSPS) is 14.2. The van der Waals surface area contributed by atoms with Crippen LogP contribution >= 0.6 is 23.1 Å². The minimum absolute atomic E-state index is 0.130. The van der Waals surface area contributed by atoms with Crippen LogP contribution in [0.2, 0.25) is 0 Å². The quantitative estimate of drug-likeness (QED) is 0.369. The Bertz CT molecular complexity index is 1070. The van der Waals surface area contributed by atoms with E-state index in [2.05, 4.69) is 9.97 Å². The van der Waals surface area contributed by atoms with Gasteiger partial charge < -0.3 is 9.92 Å². The van der Waals surface area contributed by atoms with Gasteiger partial charge in [0.15, 0.2) is 5.16 Å². The van der Waals surface area contributed by atoms with Crippen LogP contribution in [0.15, 0.2) is 35.5 Å². The van der Waals surface area contributed by atoms with Gasteiger partial charge in [-0.15, -0.1) is 11.3 Å². The van der Waals surface area contributed by atoms with E-state index in [1.54, 1.807) is 41.7 Å². The van der Waals surface area contributed by atoms with Crippen molar-refractivity contribution in [1.29, 1.82) is 0 Å². The molecule has 0 bridgehead atoms. The number of nitrogens with zero attached hydrogens (tertiary/aromatic N) is 2. The molecule has 3 aromatic rings. The number of fused-ring (bicyclic) bond motifs is 3. The number of nitrogens with two attached hydrogens (primary N) is 1. The minimum atomic E-state index is -3.66. The van der Waals surface area contributed by atoms with Crippen LogP contribution in [-0.4, -0.2) is 29.9 Å². The summed E-state index contributed by atoms with van der Waals surface area (Å²) in [6, 6.07) is 8.48. The van der Waals surface area contributed by atoms with Gasteiger partial charge in [-0.3, -0.25) is 0 Å². The molecule has 4 rings (SSSR count). The van der Waals surface area contributed by atoms with Crippen molar-refractivity contribution in [3.05, 3.63) is 40.8 Å². The number of benzene rings is 1. The van der Waals surface area contributed by atoms with E-state index in [0.29, 0.717) is 22.5 Å². The number of para-hydroxylation sites is 1. The third-order valence-corrected chi connectivity index (χ3v) is 7.80. The first-order valence-electron chi connectivity index (χ1n) is 8.69. The van der Waals surface area contributed by atoms with E-state index in [0.717, 1.165) is 23.1 Å². The van der Waals surface area contributed by atoms with Crippen molar-refractivity contribution in [1.82, 2.24) is 9.97 Å². The molecule has 0 fully saturated rings. The maximum atomic E-state index is 12.1. The molecule has 2 N–H and O–H groups in total. The van der Waals surface area contributed by atoms with Gasteiger partial charge in [-0.25, -0.2) is 9.97 Å². The molecular formula is C18H19N3O3S3. The summed E-state index contributed by atoms with van der Waals surface area (Å²) in [7, 11) is -3.66. The van der Waals surface area contributed by atoms with Gasteiger partial charge in [0.25, 0.3) is 0 Å². The summed E-state index contributed by atoms with van der Waals surface area (Å²) in [4.78, 5) is 11.2. The predicted molar refractivity (Wildman–Crippen MR) is 110 cm³/mol. The third kappa shape index (κ3) is 4.20. The van der Waals surface area contributed by atoms with E-state index >= 15 is 0 Å². The zero-order valence-electron chi connectivity index (χ0n) is 14.6. The molecule has 1 aliphatic carbocycles. The van der Waals surface area contributed by atoms with Crippen LogP contribution in [-0.2, 0) is 23.0 Å². The second-order valence-corrected chi connectivity index (χ2v) is 10.1. The van der Waals surface area contributed by atoms with Crippen molar-refractivity contribution < 1.29 is 12.6 Å². The van der Waals surface area contributed by atoms with Crippen LogP contribution in [0.4, 0.5) is 5.82 Å². The van der Waals surface area contributed by atoms with E-state index < -0.39 is 10.1 Å². The fourth-order valence-electron chi connectivity index (χ4n) is 3.13. The van der Waals surface area contributed by atoms with Crippen LogP contribution in [0.5, 0.6) is 5.75 Å². The number of aromatic nitrogens is 2. The largest absolute Gasteiger partial charge is 0.383 e. The van der Waals surface area contributed by atoms with Gasteiger partial charge in [0, 0.05) is 10.6 Å². The SMILES string of the molecule is Nc1nc(SCCS(=O)(=O)Oc2ccccc2)nc2sc3c(c12)CCCC3. The first-order chi connectivity index (χ1) is 13.0. The molecule has 0 atom stereocenters. The minimum Gasteiger partial charge on any atom is -0.383 e. The third-order valence-electron chi connectivity index (χ3n) is 4.35. The number of nitrogen functional groups attached to an aromatic ring is 1. The van der Waals surface area contributed by atoms with Crippen molar-refractivity contribution in [3.63, 3.8) is 0 Å². The van der Waals surface area contributed by atoms with Gasteiger partial charge in [0.05, 0.1) is 11.1 Å². The highest BCUT2D eigenvalue weighted by Crippen LogP contribution is 2.38. The molecule has 27 heavy (non-hydrogen) atoms. The molecule has 2 heterocycles. The molecule has 2 aromatic heterocycles. The van der Waals surface area contributed by atoms with Crippen molar-refractivity contribution >= 4 is 49.3 Å². The molecular weight excluding hydrogens is 402 g/mol. The number of aryl methyl sites for hydroxylation is 2. The Kier molecular flexibility index (Phi) is 5.25. The lowest BCUT2D eigenvalue weighted by Gasteiger charge is -2.10. The predicted octanol–water partition coefficient (Wildman–Crippen LogP) is 3.65. The molecule has 0 saturated carbocycles. The summed E-state index contributed by atoms with van der Waals surface area (Å²) in [5, 5.41) is 1.49. The van der Waals surface area contributed by atoms with Crippen LogP contribution < -0.4 is 9.92 Å². The van der Waals surface area contributed by atoms with Gasteiger partial charge in [0.2, 0.25) is 0 Å². The molecule has 0 spiro atoms. The van der Waals surface area contributed by atoms with Gasteiger partial charge in [-0.05, 0) is 43.4 Å². The Morgan fingerprint density at radius 2 is 1.93 bits per heavy atom. The number of rotatable bonds is 6. The van der Waals surface area contributed by atoms with E-state index in [-0.39, 0.29) is 5.75 Å². The first-order valence-corrected chi connectivity index (χ1v) is 12.1. The highest BCUT2D eigenvalue weighted by molar-refractivity contribution is 8.00. The molecule has 0 radical (unpaired) electrons. The Morgan fingerprint density at radius 1 is 1.15 bits per heavy atom. The van der Waals surface area contributed by atoms with E-state index in [9.17, 15) is 8.42 Å². The number of hydrogen-bond donors (Lipinski definition) is 1. The summed E-state index contributed by atoms with van der Waals surface area (Å²) in [5.74, 6) is 0.971. The highest BCUT2D eigenvalue weighted by Gasteiger charge is 2.20. The standard InChI is InChI=1S/C18H19N3O3S3/c19-16-15-13-8-4-5-9-14(13)26-17(15)21-18(20-16)25-10-11-27(22,23)24-12-6-2-1-3-7-12/h1-3,6-7H,4-5,8-11H2,(H2,19,20,21). The fraction of sp³-hybridized carbons (Fsp3) is 0.333. The van der Waals surface area contributed by atoms with Crippen molar-refractivity contribution in [2.24, 2.45) is 0 Å². The smallest absolute Gasteiger partial charge is 0.310 e. The van der Waals surface area contributed by atoms with Gasteiger partial charge in [-0.1, -0.05) is 30.0 Å². The molecule has 142 valence electrons. The maximum Gasteiger partial charge on any atom is 0.310 e. The number of thioether (sulfide) groups is 1. The average Bonchev–Trinajstić information content (AvgIpc) is 3.00. The monoisotopic (exact) mass is 421 g/mol. The van der Waals surface area contributed by atoms with Crippen molar-refractivity contribution in [2.75, 3.05) is 17.2 Å². The zero-order valence-corrected chi connectivity index (χ0v) is 17.0. The summed E-state index contributed by atoms with van der Waals surface area (Å²) >= 11 is 2.96. The lowest BCUT2D eigenvalue weighted by atomic mass is 9.97. The lowest BCUT2D eigenvalue weighted by Crippen LogP contribution is -2.15. The Balaban J connectivity index is 1.45. The fourth-order valence-corrected chi connectivity index (χ4v) is 6.59. The molecule has 6 nitrogen and oxygen atoms in total. The Hall–Kier alpha value is -1.84. The van der Waals surface area contributed by atoms with E-state index in [1.807, 2.05) is 0 Å². The maximum absolute atomic E-state index is 12.1. The molecule has 1 aliphatic rings. The zero-order chi connectivity index (χ0) is 18.9. The molecule has 0 unspecified atom stereocenters. The van der Waals surface area contributed by atoms with E-state index in [4.69, 9.17) is 9.92 Å². The van der Waals surface area contributed by atoms with Crippen molar-refractivity contribution in [3.8, 4) is 5.75 Å². The summed E-state index contributed by atoms with van der Waals surface area (Å²) < 4.78 is 29.3. The number of hydrogen-bond acceptors (Lipinski definition) is 8. The summed E-state index contributed by atoms with van der Waals surface area (Å²) in [5.41, 5.74) is 7.48. The van der Waals surface area contributed by atoms with Crippen LogP contribution in [0.1, 0.15) is 23.3 Å². The molecule has 1 aromatic carbocycles. The summed E-state index contributed by atoms with van der Waals surface area (Å²) in [6.45, 7) is 0. The van der Waals surface area contributed by atoms with E-state index in [1.165, 1.54) is 35.0 Å². The second-order valence-electron chi connectivity index (χ2n) is 6.29. The van der Waals surface area contributed by atoms with Crippen molar-refractivity contribution in [2.45, 2.75) is 30.8 Å². The van der Waals surface area contributed by atoms with Gasteiger partial charge in [-0.2, -0.15) is 8.42 Å². The number of thiophene rings is 1. The van der Waals surface area contributed by atoms with Gasteiger partial charge >= 0.3 is 10.1 Å². The number of anilines is 1. The first kappa shape index (κ1) is 18.5. The molecule has 0 aliphatic heterocycles. The molecule has 0 saturated heterocycles. The Morgan fingerprint density at radius 3 is 2.74 bits per heavy atom. The molecule has 0 amide bonds. The summed E-state index contributed by atoms with van der Waals surface area (Å²) in [6.07, 6.45) is 4.49. The lowest BCUT2D eigenvalue weighted by molar-refractivity contribution is 0.488.